The summed E-state index contributed by atoms with van der Waals surface area (Å²) in [5.74, 6) is 0.993. The summed E-state index contributed by atoms with van der Waals surface area (Å²) in [6, 6.07) is -1.42. The highest BCUT2D eigenvalue weighted by Gasteiger charge is 2.49. The molecular weight excluding hydrogens is 349 g/mol. The van der Waals surface area contributed by atoms with Gasteiger partial charge in [-0.15, -0.1) is 0 Å². The van der Waals surface area contributed by atoms with Gasteiger partial charge in [0.05, 0.1) is 24.9 Å². The molecule has 0 spiro atoms. The van der Waals surface area contributed by atoms with Crippen molar-refractivity contribution in [3.05, 3.63) is 11.9 Å². The first kappa shape index (κ1) is 19.3. The lowest BCUT2D eigenvalue weighted by Gasteiger charge is -2.48. The van der Waals surface area contributed by atoms with Crippen LogP contribution >= 0.6 is 0 Å². The zero-order valence-corrected chi connectivity index (χ0v) is 15.5. The van der Waals surface area contributed by atoms with E-state index in [0.29, 0.717) is 31.5 Å². The number of hydrogen-bond donors (Lipinski definition) is 1. The lowest BCUT2D eigenvalue weighted by Crippen LogP contribution is -2.62. The monoisotopic (exact) mass is 376 g/mol. The molecule has 0 aromatic rings. The van der Waals surface area contributed by atoms with Gasteiger partial charge in [0.2, 0.25) is 5.96 Å². The molecule has 0 aromatic carbocycles. The molecule has 0 bridgehead atoms. The lowest BCUT2D eigenvalue weighted by atomic mass is 10.0. The molecule has 9 heteroatoms. The molecule has 2 atom stereocenters. The second kappa shape index (κ2) is 6.92. The number of fused-ring (bicyclic) bond motifs is 1. The average Bonchev–Trinajstić information content (AvgIpc) is 2.53. The minimum atomic E-state index is -4.31. The van der Waals surface area contributed by atoms with Crippen molar-refractivity contribution in [1.29, 1.82) is 0 Å². The Balaban J connectivity index is 1.89. The van der Waals surface area contributed by atoms with Gasteiger partial charge in [-0.25, -0.2) is 0 Å². The Bertz CT molecular complexity index is 586. The Morgan fingerprint density at radius 3 is 2.62 bits per heavy atom. The van der Waals surface area contributed by atoms with E-state index in [0.717, 1.165) is 0 Å². The van der Waals surface area contributed by atoms with Crippen LogP contribution < -0.4 is 0 Å². The first-order chi connectivity index (χ1) is 12.1. The zero-order valence-electron chi connectivity index (χ0n) is 15.5. The molecule has 6 nitrogen and oxygen atoms in total. The maximum absolute atomic E-state index is 13.5. The summed E-state index contributed by atoms with van der Waals surface area (Å²) in [6.45, 7) is 7.74. The van der Waals surface area contributed by atoms with Gasteiger partial charge in [-0.2, -0.15) is 18.2 Å². The fourth-order valence-corrected chi connectivity index (χ4v) is 3.73. The van der Waals surface area contributed by atoms with E-state index in [1.807, 2.05) is 6.92 Å². The highest BCUT2D eigenvalue weighted by Crippen LogP contribution is 2.34. The molecule has 0 aromatic heterocycles. The summed E-state index contributed by atoms with van der Waals surface area (Å²) >= 11 is 0. The highest BCUT2D eigenvalue weighted by molar-refractivity contribution is 5.83. The van der Waals surface area contributed by atoms with Crippen LogP contribution in [0.15, 0.2) is 16.9 Å². The third-order valence-electron chi connectivity index (χ3n) is 4.89. The fourth-order valence-electron chi connectivity index (χ4n) is 3.73. The van der Waals surface area contributed by atoms with Crippen LogP contribution in [0.25, 0.3) is 0 Å². The molecule has 3 aliphatic rings. The van der Waals surface area contributed by atoms with E-state index in [-0.39, 0.29) is 32.1 Å². The van der Waals surface area contributed by atoms with Crippen LogP contribution in [0, 0.1) is 0 Å². The van der Waals surface area contributed by atoms with Crippen LogP contribution in [0.5, 0.6) is 0 Å². The number of guanidine groups is 1. The molecule has 0 aliphatic carbocycles. The normalized spacial score (nSPS) is 27.9. The van der Waals surface area contributed by atoms with Crippen molar-refractivity contribution < 1.29 is 23.0 Å². The van der Waals surface area contributed by atoms with E-state index >= 15 is 0 Å². The Kier molecular flexibility index (Phi) is 5.13. The van der Waals surface area contributed by atoms with Gasteiger partial charge in [-0.1, -0.05) is 0 Å². The molecule has 148 valence electrons. The second-order valence-corrected chi connectivity index (χ2v) is 7.82. The molecule has 0 unspecified atom stereocenters. The van der Waals surface area contributed by atoms with Crippen LogP contribution in [-0.2, 0) is 4.74 Å². The number of nitrogens with zero attached hydrogens (tertiary/aromatic N) is 4. The molecule has 2 fully saturated rings. The van der Waals surface area contributed by atoms with Gasteiger partial charge in [0.25, 0.3) is 0 Å². The van der Waals surface area contributed by atoms with Gasteiger partial charge in [0.1, 0.15) is 11.9 Å². The summed E-state index contributed by atoms with van der Waals surface area (Å²) in [4.78, 5) is 9.75. The molecule has 0 saturated carbocycles. The number of alkyl halides is 3. The minimum absolute atomic E-state index is 0.0320. The molecule has 0 radical (unpaired) electrons. The summed E-state index contributed by atoms with van der Waals surface area (Å²) in [5, 5.41) is 10.2. The maximum Gasteiger partial charge on any atom is 0.408 e. The van der Waals surface area contributed by atoms with Gasteiger partial charge < -0.3 is 24.5 Å². The number of aliphatic hydroxyl groups is 1. The predicted octanol–water partition coefficient (Wildman–Crippen LogP) is 1.63. The summed E-state index contributed by atoms with van der Waals surface area (Å²) in [6.07, 6.45) is -2.58. The zero-order chi connectivity index (χ0) is 19.1. The van der Waals surface area contributed by atoms with Gasteiger partial charge in [-0.05, 0) is 33.3 Å². The van der Waals surface area contributed by atoms with Crippen molar-refractivity contribution in [3.8, 4) is 0 Å². The van der Waals surface area contributed by atoms with E-state index in [2.05, 4.69) is 9.89 Å². The minimum Gasteiger partial charge on any atom is -0.389 e. The smallest absolute Gasteiger partial charge is 0.389 e. The van der Waals surface area contributed by atoms with Crippen LogP contribution in [-0.4, -0.2) is 89.0 Å². The number of rotatable bonds is 3. The van der Waals surface area contributed by atoms with Crippen molar-refractivity contribution in [2.75, 3.05) is 39.4 Å². The Hall–Kier alpha value is -1.48. The summed E-state index contributed by atoms with van der Waals surface area (Å²) in [5.41, 5.74) is -1.02. The largest absolute Gasteiger partial charge is 0.408 e. The standard InChI is InChI=1S/C17H27F3N4O2/c1-12-10-26-9-8-23(12)14-5-7-24-13(17(18,19)20)4-6-22(15(24)21-14)11-16(2,3)25/h5,12-13,25H,4,6-11H2,1-3H3/t12-,13-/m1/s1. The van der Waals surface area contributed by atoms with Gasteiger partial charge in [0, 0.05) is 26.2 Å². The summed E-state index contributed by atoms with van der Waals surface area (Å²) in [7, 11) is 0. The van der Waals surface area contributed by atoms with Crippen molar-refractivity contribution in [3.63, 3.8) is 0 Å². The van der Waals surface area contributed by atoms with Crippen LogP contribution in [0.2, 0.25) is 0 Å². The topological polar surface area (TPSA) is 51.5 Å². The molecule has 3 rings (SSSR count). The number of morpholine rings is 1. The molecular formula is C17H27F3N4O2. The number of hydrogen-bond acceptors (Lipinski definition) is 6. The van der Waals surface area contributed by atoms with E-state index in [4.69, 9.17) is 4.74 Å². The number of ether oxygens (including phenoxy) is 1. The van der Waals surface area contributed by atoms with E-state index < -0.39 is 17.8 Å². The molecule has 3 heterocycles. The first-order valence-corrected chi connectivity index (χ1v) is 9.00. The molecule has 3 aliphatic heterocycles. The number of aliphatic imine (C=N–C) groups is 1. The van der Waals surface area contributed by atoms with E-state index in [9.17, 15) is 18.3 Å². The van der Waals surface area contributed by atoms with Crippen molar-refractivity contribution in [2.24, 2.45) is 4.99 Å². The molecule has 2 saturated heterocycles. The highest BCUT2D eigenvalue weighted by atomic mass is 19.4. The van der Waals surface area contributed by atoms with Crippen molar-refractivity contribution >= 4 is 5.96 Å². The third kappa shape index (κ3) is 4.09. The number of halogens is 3. The lowest BCUT2D eigenvalue weighted by molar-refractivity contribution is -0.180. The van der Waals surface area contributed by atoms with Gasteiger partial charge >= 0.3 is 6.18 Å². The van der Waals surface area contributed by atoms with Crippen molar-refractivity contribution in [1.82, 2.24) is 14.7 Å². The third-order valence-corrected chi connectivity index (χ3v) is 4.89. The average molecular weight is 376 g/mol. The maximum atomic E-state index is 13.5. The second-order valence-electron chi connectivity index (χ2n) is 7.82. The van der Waals surface area contributed by atoms with Crippen LogP contribution in [0.4, 0.5) is 13.2 Å². The Morgan fingerprint density at radius 2 is 2.00 bits per heavy atom. The van der Waals surface area contributed by atoms with Gasteiger partial charge in [-0.3, -0.25) is 0 Å². The summed E-state index contributed by atoms with van der Waals surface area (Å²) < 4.78 is 45.9. The number of β-amino-alcohol motifs (C(OH)–C–C–N with tert-alkyl or cyclic N) is 1. The van der Waals surface area contributed by atoms with Crippen LogP contribution in [0.1, 0.15) is 27.2 Å². The fraction of sp³-hybridized carbons (Fsp3) is 0.824. The molecule has 26 heavy (non-hydrogen) atoms. The Morgan fingerprint density at radius 1 is 1.27 bits per heavy atom. The van der Waals surface area contributed by atoms with E-state index in [1.165, 1.54) is 4.90 Å². The SMILES string of the molecule is C[C@@H]1COCCN1C1=CCN2C(=N1)N(CC(C)(C)O)CC[C@@H]2C(F)(F)F. The first-order valence-electron chi connectivity index (χ1n) is 9.00. The van der Waals surface area contributed by atoms with Crippen LogP contribution in [0.3, 0.4) is 0 Å². The van der Waals surface area contributed by atoms with Crippen molar-refractivity contribution in [2.45, 2.75) is 51.1 Å². The molecule has 0 amide bonds. The van der Waals surface area contributed by atoms with Gasteiger partial charge in [0.15, 0.2) is 0 Å². The Labute approximate surface area is 151 Å². The predicted molar refractivity (Wildman–Crippen MR) is 91.5 cm³/mol. The quantitative estimate of drug-likeness (QED) is 0.812. The molecule has 1 N–H and O–H groups in total. The van der Waals surface area contributed by atoms with E-state index in [1.54, 1.807) is 24.8 Å².